The largest absolute Gasteiger partial charge is 0.497 e. The number of nitrogens with one attached hydrogen (secondary N) is 1. The maximum atomic E-state index is 14.3. The molecule has 2 aromatic carbocycles. The van der Waals surface area contributed by atoms with Crippen LogP contribution < -0.4 is 9.46 Å². The van der Waals surface area contributed by atoms with Crippen LogP contribution in [0.2, 0.25) is 0 Å². The molecule has 3 fully saturated rings. The summed E-state index contributed by atoms with van der Waals surface area (Å²) in [6.45, 7) is 7.14. The Morgan fingerprint density at radius 1 is 0.939 bits per heavy atom. The Labute approximate surface area is 289 Å². The average molecular weight is 690 g/mol. The third-order valence-corrected chi connectivity index (χ3v) is 12.0. The van der Waals surface area contributed by atoms with Gasteiger partial charge in [0, 0.05) is 66.9 Å². The molecule has 0 radical (unpaired) electrons. The number of nitrogens with zero attached hydrogens (tertiary/aromatic N) is 4. The summed E-state index contributed by atoms with van der Waals surface area (Å²) in [5.41, 5.74) is 5.89. The molecule has 4 aliphatic rings. The zero-order valence-corrected chi connectivity index (χ0v) is 29.7. The summed E-state index contributed by atoms with van der Waals surface area (Å²) in [7, 11) is -0.418. The van der Waals surface area contributed by atoms with Crippen LogP contribution in [0.15, 0.2) is 42.0 Å². The van der Waals surface area contributed by atoms with Crippen molar-refractivity contribution in [1.82, 2.24) is 23.4 Å². The molecular formula is C37H47N5O6S. The smallest absolute Gasteiger partial charge is 0.304 e. The Kier molecular flexibility index (Phi) is 9.33. The number of benzene rings is 2. The van der Waals surface area contributed by atoms with Crippen molar-refractivity contribution in [3.8, 4) is 17.0 Å². The fourth-order valence-electron chi connectivity index (χ4n) is 8.13. The Hall–Kier alpha value is -3.71. The summed E-state index contributed by atoms with van der Waals surface area (Å²) in [6.07, 6.45) is 7.47. The first kappa shape index (κ1) is 33.8. The molecular weight excluding hydrogens is 643 g/mol. The molecule has 2 saturated heterocycles. The number of methoxy groups -OCH3 is 1. The summed E-state index contributed by atoms with van der Waals surface area (Å²) in [6, 6.07) is 11.5. The van der Waals surface area contributed by atoms with E-state index in [9.17, 15) is 18.0 Å². The third-order valence-electron chi connectivity index (χ3n) is 10.6. The minimum atomic E-state index is -4.01. The number of amides is 2. The zero-order valence-electron chi connectivity index (χ0n) is 28.9. The highest BCUT2D eigenvalue weighted by Gasteiger charge is 2.34. The third kappa shape index (κ3) is 6.63. The number of hydrogen-bond acceptors (Lipinski definition) is 7. The normalized spacial score (nSPS) is 22.6. The number of likely N-dealkylation sites (N-methyl/N-ethyl adjacent to an activating group) is 1. The second-order valence-corrected chi connectivity index (χ2v) is 15.8. The molecule has 12 heteroatoms. The van der Waals surface area contributed by atoms with E-state index in [1.165, 1.54) is 16.3 Å². The minimum Gasteiger partial charge on any atom is -0.497 e. The lowest BCUT2D eigenvalue weighted by atomic mass is 9.81. The monoisotopic (exact) mass is 689 g/mol. The molecule has 3 aromatic rings. The number of piperazine rings is 1. The molecule has 2 atom stereocenters. The van der Waals surface area contributed by atoms with E-state index in [4.69, 9.17) is 9.47 Å². The SMILES string of the molecule is COc1ccc2c(c1)C=C(C(=O)N1C[C@@H](C)O[C@@H](C)C1)Cn1c-2c(C2CCCCC2)c2ccc(C(=O)NS(=O)(=O)N3CCN(C)CC3)cc21. The standard InChI is InChI=1S/C37H47N5O6S/c1-24-21-40(22-25(2)48-24)37(44)29-18-28-19-30(47-4)11-13-31(28)35-34(26-8-6-5-7-9-26)32-12-10-27(20-33(32)42(35)23-29)36(43)38-49(45,46)41-16-14-39(3)15-17-41/h10-13,18-20,24-26H,5-9,14-17,21-23H2,1-4H3,(H,38,43)/t24-,25+. The van der Waals surface area contributed by atoms with Crippen LogP contribution in [0.3, 0.4) is 0 Å². The van der Waals surface area contributed by atoms with E-state index in [1.54, 1.807) is 19.2 Å². The van der Waals surface area contributed by atoms with Gasteiger partial charge >= 0.3 is 10.2 Å². The molecule has 0 spiro atoms. The molecule has 0 bridgehead atoms. The zero-order chi connectivity index (χ0) is 34.4. The van der Waals surface area contributed by atoms with E-state index >= 15 is 0 Å². The molecule has 1 aliphatic carbocycles. The van der Waals surface area contributed by atoms with Crippen LogP contribution in [0, 0.1) is 0 Å². The fraction of sp³-hybridized carbons (Fsp3) is 0.514. The van der Waals surface area contributed by atoms with E-state index in [0.29, 0.717) is 63.1 Å². The molecule has 3 aliphatic heterocycles. The first-order chi connectivity index (χ1) is 23.5. The lowest BCUT2D eigenvalue weighted by molar-refractivity contribution is -0.139. The first-order valence-corrected chi connectivity index (χ1v) is 19.0. The van der Waals surface area contributed by atoms with Gasteiger partial charge in [0.2, 0.25) is 0 Å². The average Bonchev–Trinajstić information content (AvgIpc) is 3.30. The maximum absolute atomic E-state index is 14.3. The van der Waals surface area contributed by atoms with Gasteiger partial charge in [0.15, 0.2) is 0 Å². The highest BCUT2D eigenvalue weighted by Crippen LogP contribution is 2.47. The van der Waals surface area contributed by atoms with Crippen LogP contribution in [-0.2, 0) is 26.3 Å². The van der Waals surface area contributed by atoms with Crippen molar-refractivity contribution in [2.24, 2.45) is 0 Å². The second-order valence-electron chi connectivity index (χ2n) is 14.1. The number of rotatable bonds is 6. The van der Waals surface area contributed by atoms with Gasteiger partial charge in [0.25, 0.3) is 11.8 Å². The second kappa shape index (κ2) is 13.5. The molecule has 4 heterocycles. The molecule has 1 aromatic heterocycles. The lowest BCUT2D eigenvalue weighted by Gasteiger charge is -2.35. The Morgan fingerprint density at radius 3 is 2.35 bits per heavy atom. The van der Waals surface area contributed by atoms with Gasteiger partial charge in [-0.3, -0.25) is 9.59 Å². The molecule has 1 saturated carbocycles. The van der Waals surface area contributed by atoms with Crippen molar-refractivity contribution in [2.45, 2.75) is 70.6 Å². The quantitative estimate of drug-likeness (QED) is 0.402. The van der Waals surface area contributed by atoms with Crippen molar-refractivity contribution < 1.29 is 27.5 Å². The van der Waals surface area contributed by atoms with Crippen LogP contribution in [0.4, 0.5) is 0 Å². The predicted octanol–water partition coefficient (Wildman–Crippen LogP) is 4.62. The number of ether oxygens (including phenoxy) is 2. The van der Waals surface area contributed by atoms with Crippen molar-refractivity contribution in [3.63, 3.8) is 0 Å². The van der Waals surface area contributed by atoms with Crippen molar-refractivity contribution in [2.75, 3.05) is 53.4 Å². The fourth-order valence-corrected chi connectivity index (χ4v) is 9.25. The molecule has 11 nitrogen and oxygen atoms in total. The predicted molar refractivity (Wildman–Crippen MR) is 190 cm³/mol. The Morgan fingerprint density at radius 2 is 1.65 bits per heavy atom. The van der Waals surface area contributed by atoms with E-state index in [-0.39, 0.29) is 23.7 Å². The van der Waals surface area contributed by atoms with Gasteiger partial charge in [-0.1, -0.05) is 25.3 Å². The van der Waals surface area contributed by atoms with Crippen LogP contribution in [0.1, 0.15) is 73.4 Å². The summed E-state index contributed by atoms with van der Waals surface area (Å²) < 4.78 is 43.9. The summed E-state index contributed by atoms with van der Waals surface area (Å²) in [5, 5.41) is 1.03. The number of aromatic nitrogens is 1. The van der Waals surface area contributed by atoms with Crippen LogP contribution in [-0.4, -0.2) is 105 Å². The van der Waals surface area contributed by atoms with Crippen LogP contribution in [0.5, 0.6) is 5.75 Å². The van der Waals surface area contributed by atoms with Gasteiger partial charge in [-0.25, -0.2) is 4.72 Å². The van der Waals surface area contributed by atoms with Crippen molar-refractivity contribution in [3.05, 3.63) is 58.7 Å². The molecule has 262 valence electrons. The summed E-state index contributed by atoms with van der Waals surface area (Å²) in [4.78, 5) is 31.9. The van der Waals surface area contributed by atoms with Gasteiger partial charge < -0.3 is 23.8 Å². The van der Waals surface area contributed by atoms with Gasteiger partial charge in [0.05, 0.1) is 31.6 Å². The highest BCUT2D eigenvalue weighted by atomic mass is 32.2. The Bertz CT molecular complexity index is 1900. The topological polar surface area (TPSA) is 113 Å². The van der Waals surface area contributed by atoms with Gasteiger partial charge in [-0.2, -0.15) is 12.7 Å². The van der Waals surface area contributed by atoms with Gasteiger partial charge in [-0.05, 0) is 87.2 Å². The Balaban J connectivity index is 1.35. The van der Waals surface area contributed by atoms with Gasteiger partial charge in [-0.15, -0.1) is 0 Å². The van der Waals surface area contributed by atoms with Crippen molar-refractivity contribution >= 4 is 39.0 Å². The number of hydrogen-bond donors (Lipinski definition) is 1. The summed E-state index contributed by atoms with van der Waals surface area (Å²) >= 11 is 0. The number of carbonyl (C=O) groups is 2. The van der Waals surface area contributed by atoms with Crippen molar-refractivity contribution in [1.29, 1.82) is 0 Å². The number of morpholine rings is 1. The number of fused-ring (bicyclic) bond motifs is 5. The first-order valence-electron chi connectivity index (χ1n) is 17.5. The summed E-state index contributed by atoms with van der Waals surface area (Å²) in [5.74, 6) is 0.312. The van der Waals surface area contributed by atoms with Crippen LogP contribution >= 0.6 is 0 Å². The van der Waals surface area contributed by atoms with Crippen LogP contribution in [0.25, 0.3) is 28.2 Å². The molecule has 0 unspecified atom stereocenters. The highest BCUT2D eigenvalue weighted by molar-refractivity contribution is 7.87. The lowest BCUT2D eigenvalue weighted by Crippen LogP contribution is -2.52. The molecule has 7 rings (SSSR count). The van der Waals surface area contributed by atoms with E-state index < -0.39 is 16.1 Å². The molecule has 1 N–H and O–H groups in total. The molecule has 49 heavy (non-hydrogen) atoms. The van der Waals surface area contributed by atoms with E-state index in [2.05, 4.69) is 20.3 Å². The van der Waals surface area contributed by atoms with Gasteiger partial charge in [0.1, 0.15) is 5.75 Å². The minimum absolute atomic E-state index is 0.0446. The molecule has 2 amide bonds. The number of carbonyl (C=O) groups excluding carboxylic acids is 2. The van der Waals surface area contributed by atoms with E-state index in [1.807, 2.05) is 50.1 Å². The maximum Gasteiger partial charge on any atom is 0.304 e. The van der Waals surface area contributed by atoms with E-state index in [0.717, 1.165) is 53.4 Å².